The van der Waals surface area contributed by atoms with E-state index >= 15 is 0 Å². The maximum absolute atomic E-state index is 12.1. The first-order valence-corrected chi connectivity index (χ1v) is 11.5. The highest BCUT2D eigenvalue weighted by Gasteiger charge is 2.41. The molecule has 1 rings (SSSR count). The van der Waals surface area contributed by atoms with Gasteiger partial charge in [0.05, 0.1) is 12.2 Å². The largest absolute Gasteiger partial charge is 0.457 e. The molecule has 24 heavy (non-hydrogen) atoms. The molecule has 0 saturated heterocycles. The Morgan fingerprint density at radius 1 is 1.25 bits per heavy atom. The maximum atomic E-state index is 12.1. The van der Waals surface area contributed by atoms with Crippen LogP contribution in [0, 0.1) is 0 Å². The number of hydrogen-bond donors (Lipinski definition) is 1. The van der Waals surface area contributed by atoms with Crippen LogP contribution in [0.1, 0.15) is 54.4 Å². The molecule has 5 heteroatoms. The van der Waals surface area contributed by atoms with Crippen LogP contribution < -0.4 is 0 Å². The van der Waals surface area contributed by atoms with Crippen LogP contribution in [0.25, 0.3) is 0 Å². The minimum atomic E-state index is -1.94. The molecule has 138 valence electrons. The van der Waals surface area contributed by atoms with Gasteiger partial charge in [0.2, 0.25) is 0 Å². The van der Waals surface area contributed by atoms with Crippen molar-refractivity contribution >= 4 is 14.3 Å². The first-order valence-electron chi connectivity index (χ1n) is 8.61. The summed E-state index contributed by atoms with van der Waals surface area (Å²) in [6.07, 6.45) is 1.79. The van der Waals surface area contributed by atoms with Gasteiger partial charge in [-0.3, -0.25) is 0 Å². The van der Waals surface area contributed by atoms with E-state index in [2.05, 4.69) is 40.4 Å². The molecule has 0 amide bonds. The minimum Gasteiger partial charge on any atom is -0.457 e. The Kier molecular flexibility index (Phi) is 6.29. The predicted octanol–water partition coefficient (Wildman–Crippen LogP) is 4.36. The number of esters is 1. The molecule has 1 aliphatic carbocycles. The zero-order valence-corrected chi connectivity index (χ0v) is 17.5. The van der Waals surface area contributed by atoms with E-state index in [-0.39, 0.29) is 11.1 Å². The lowest BCUT2D eigenvalue weighted by Crippen LogP contribution is -2.46. The highest BCUT2D eigenvalue weighted by atomic mass is 28.4. The van der Waals surface area contributed by atoms with Crippen molar-refractivity contribution in [3.8, 4) is 0 Å². The van der Waals surface area contributed by atoms with Crippen LogP contribution >= 0.6 is 0 Å². The fraction of sp³-hybridized carbons (Fsp3) is 0.737. The number of carbonyl (C=O) groups excluding carboxylic acids is 1. The average Bonchev–Trinajstić information content (AvgIpc) is 2.30. The van der Waals surface area contributed by atoms with E-state index in [1.807, 2.05) is 20.8 Å². The topological polar surface area (TPSA) is 55.8 Å². The summed E-state index contributed by atoms with van der Waals surface area (Å²) >= 11 is 0. The zero-order valence-electron chi connectivity index (χ0n) is 16.5. The van der Waals surface area contributed by atoms with E-state index in [9.17, 15) is 9.90 Å². The van der Waals surface area contributed by atoms with E-state index < -0.39 is 26.0 Å². The standard InChI is InChI=1S/C19H34O4Si/c1-13-14(11-17(21)22-18(2,3)4)10-15(12-16(13)20)23-24(8,9)19(5,6)7/h11,15-16,20H,1,10,12H2,2-9H3/b14-11+/t15-,16+/m1/s1. The van der Waals surface area contributed by atoms with E-state index in [0.29, 0.717) is 18.4 Å². The van der Waals surface area contributed by atoms with Crippen molar-refractivity contribution in [2.45, 2.75) is 90.3 Å². The highest BCUT2D eigenvalue weighted by molar-refractivity contribution is 6.74. The molecule has 0 spiro atoms. The lowest BCUT2D eigenvalue weighted by atomic mass is 9.86. The number of carbonyl (C=O) groups is 1. The van der Waals surface area contributed by atoms with Gasteiger partial charge >= 0.3 is 5.97 Å². The second kappa shape index (κ2) is 7.14. The molecule has 1 aliphatic rings. The predicted molar refractivity (Wildman–Crippen MR) is 100 cm³/mol. The van der Waals surface area contributed by atoms with Crippen LogP contribution in [0.3, 0.4) is 0 Å². The summed E-state index contributed by atoms with van der Waals surface area (Å²) in [7, 11) is -1.94. The van der Waals surface area contributed by atoms with Gasteiger partial charge in [0.25, 0.3) is 0 Å². The second-order valence-electron chi connectivity index (χ2n) is 9.18. The van der Waals surface area contributed by atoms with E-state index in [1.54, 1.807) is 0 Å². The molecular formula is C19H34O4Si. The van der Waals surface area contributed by atoms with Crippen LogP contribution in [-0.2, 0) is 14.0 Å². The SMILES string of the molecule is C=C1/C(=C/C(=O)OC(C)(C)C)C[C@@H](O[Si](C)(C)C(C)(C)C)C[C@@H]1O. The Labute approximate surface area is 148 Å². The fourth-order valence-electron chi connectivity index (χ4n) is 2.37. The Balaban J connectivity index is 2.92. The molecule has 0 radical (unpaired) electrons. The number of rotatable bonds is 3. The number of hydrogen-bond acceptors (Lipinski definition) is 4. The van der Waals surface area contributed by atoms with Gasteiger partial charge in [-0.05, 0) is 56.5 Å². The Hall–Kier alpha value is -0.913. The van der Waals surface area contributed by atoms with Gasteiger partial charge in [0.15, 0.2) is 8.32 Å². The molecule has 0 heterocycles. The highest BCUT2D eigenvalue weighted by Crippen LogP contribution is 2.40. The lowest BCUT2D eigenvalue weighted by molar-refractivity contribution is -0.148. The molecule has 0 aromatic rings. The Bertz CT molecular complexity index is 520. The lowest BCUT2D eigenvalue weighted by Gasteiger charge is -2.41. The van der Waals surface area contributed by atoms with E-state index in [0.717, 1.165) is 5.57 Å². The normalized spacial score (nSPS) is 25.0. The monoisotopic (exact) mass is 354 g/mol. The summed E-state index contributed by atoms with van der Waals surface area (Å²) in [6.45, 7) is 20.4. The first-order chi connectivity index (χ1) is 10.6. The third-order valence-corrected chi connectivity index (χ3v) is 9.25. The van der Waals surface area contributed by atoms with Gasteiger partial charge in [-0.2, -0.15) is 0 Å². The molecule has 2 atom stereocenters. The average molecular weight is 355 g/mol. The van der Waals surface area contributed by atoms with Crippen LogP contribution in [0.2, 0.25) is 18.1 Å². The molecule has 4 nitrogen and oxygen atoms in total. The second-order valence-corrected chi connectivity index (χ2v) is 13.9. The molecule has 0 unspecified atom stereocenters. The first kappa shape index (κ1) is 21.1. The van der Waals surface area contributed by atoms with Crippen molar-refractivity contribution in [1.82, 2.24) is 0 Å². The van der Waals surface area contributed by atoms with Crippen molar-refractivity contribution in [1.29, 1.82) is 0 Å². The van der Waals surface area contributed by atoms with Gasteiger partial charge in [-0.15, -0.1) is 0 Å². The van der Waals surface area contributed by atoms with Crippen molar-refractivity contribution in [3.05, 3.63) is 23.8 Å². The Morgan fingerprint density at radius 2 is 1.79 bits per heavy atom. The van der Waals surface area contributed by atoms with Gasteiger partial charge in [0.1, 0.15) is 5.60 Å². The molecule has 0 bridgehead atoms. The fourth-order valence-corrected chi connectivity index (χ4v) is 3.74. The van der Waals surface area contributed by atoms with Crippen LogP contribution in [0.5, 0.6) is 0 Å². The van der Waals surface area contributed by atoms with Crippen LogP contribution in [-0.4, -0.2) is 37.2 Å². The quantitative estimate of drug-likeness (QED) is 0.465. The number of aliphatic hydroxyl groups excluding tert-OH is 1. The molecule has 1 fully saturated rings. The summed E-state index contributed by atoms with van der Waals surface area (Å²) in [5.74, 6) is -0.404. The summed E-state index contributed by atoms with van der Waals surface area (Å²) in [5.41, 5.74) is 0.780. The molecular weight excluding hydrogens is 320 g/mol. The van der Waals surface area contributed by atoms with Crippen LogP contribution in [0.15, 0.2) is 23.8 Å². The molecule has 0 aromatic carbocycles. The molecule has 0 aromatic heterocycles. The number of ether oxygens (including phenoxy) is 1. The smallest absolute Gasteiger partial charge is 0.331 e. The third-order valence-electron chi connectivity index (χ3n) is 4.71. The Morgan fingerprint density at radius 3 is 2.25 bits per heavy atom. The van der Waals surface area contributed by atoms with Crippen LogP contribution in [0.4, 0.5) is 0 Å². The van der Waals surface area contributed by atoms with Gasteiger partial charge in [0, 0.05) is 12.5 Å². The van der Waals surface area contributed by atoms with Gasteiger partial charge in [-0.1, -0.05) is 27.4 Å². The minimum absolute atomic E-state index is 0.0971. The third kappa shape index (κ3) is 5.87. The van der Waals surface area contributed by atoms with Crippen molar-refractivity contribution in [3.63, 3.8) is 0 Å². The molecule has 1 saturated carbocycles. The van der Waals surface area contributed by atoms with Crippen molar-refractivity contribution < 1.29 is 19.1 Å². The van der Waals surface area contributed by atoms with Crippen molar-refractivity contribution in [2.24, 2.45) is 0 Å². The summed E-state index contributed by atoms with van der Waals surface area (Å²) < 4.78 is 11.8. The summed E-state index contributed by atoms with van der Waals surface area (Å²) in [6, 6.07) is 0. The van der Waals surface area contributed by atoms with E-state index in [4.69, 9.17) is 9.16 Å². The molecule has 1 N–H and O–H groups in total. The zero-order chi connectivity index (χ0) is 18.9. The summed E-state index contributed by atoms with van der Waals surface area (Å²) in [5, 5.41) is 10.4. The van der Waals surface area contributed by atoms with Gasteiger partial charge < -0.3 is 14.3 Å². The van der Waals surface area contributed by atoms with Gasteiger partial charge in [-0.25, -0.2) is 4.79 Å². The van der Waals surface area contributed by atoms with Crippen molar-refractivity contribution in [2.75, 3.05) is 0 Å². The van der Waals surface area contributed by atoms with E-state index in [1.165, 1.54) is 6.08 Å². The molecule has 0 aliphatic heterocycles. The number of aliphatic hydroxyl groups is 1. The summed E-state index contributed by atoms with van der Waals surface area (Å²) in [4.78, 5) is 12.1. The maximum Gasteiger partial charge on any atom is 0.331 e.